The van der Waals surface area contributed by atoms with Gasteiger partial charge in [0.15, 0.2) is 0 Å². The minimum atomic E-state index is 0.346. The molecular formula is C17H36N2. The molecule has 1 fully saturated rings. The van der Waals surface area contributed by atoms with E-state index in [0.29, 0.717) is 17.0 Å². The highest BCUT2D eigenvalue weighted by molar-refractivity contribution is 4.98. The predicted molar refractivity (Wildman–Crippen MR) is 85.6 cm³/mol. The molecule has 2 nitrogen and oxygen atoms in total. The van der Waals surface area contributed by atoms with Gasteiger partial charge in [-0.3, -0.25) is 4.90 Å². The quantitative estimate of drug-likeness (QED) is 0.813. The highest BCUT2D eigenvalue weighted by Gasteiger charge is 2.39. The molecule has 0 spiro atoms. The summed E-state index contributed by atoms with van der Waals surface area (Å²) < 4.78 is 0. The summed E-state index contributed by atoms with van der Waals surface area (Å²) in [5.41, 5.74) is 0.699. The van der Waals surface area contributed by atoms with Gasteiger partial charge in [-0.05, 0) is 44.1 Å². The Hall–Kier alpha value is -0.0800. The number of piperazine rings is 1. The lowest BCUT2D eigenvalue weighted by Crippen LogP contribution is -2.65. The first-order chi connectivity index (χ1) is 8.69. The van der Waals surface area contributed by atoms with E-state index in [1.165, 1.54) is 32.4 Å². The van der Waals surface area contributed by atoms with Crippen molar-refractivity contribution in [3.63, 3.8) is 0 Å². The number of hydrogen-bond acceptors (Lipinski definition) is 2. The van der Waals surface area contributed by atoms with Crippen LogP contribution in [0.1, 0.15) is 67.7 Å². The van der Waals surface area contributed by atoms with E-state index >= 15 is 0 Å². The van der Waals surface area contributed by atoms with Gasteiger partial charge >= 0.3 is 0 Å². The summed E-state index contributed by atoms with van der Waals surface area (Å²) in [5.74, 6) is 0.828. The SMILES string of the molecule is CCC1(C)CNC(C(C)(C)C)CN1CCCC(C)C. The molecule has 0 radical (unpaired) electrons. The lowest BCUT2D eigenvalue weighted by atomic mass is 9.81. The van der Waals surface area contributed by atoms with Gasteiger partial charge in [0.05, 0.1) is 0 Å². The fraction of sp³-hybridized carbons (Fsp3) is 1.00. The molecule has 1 heterocycles. The Morgan fingerprint density at radius 2 is 1.95 bits per heavy atom. The van der Waals surface area contributed by atoms with Crippen LogP contribution < -0.4 is 5.32 Å². The lowest BCUT2D eigenvalue weighted by Gasteiger charge is -2.51. The van der Waals surface area contributed by atoms with Gasteiger partial charge in [-0.2, -0.15) is 0 Å². The molecular weight excluding hydrogens is 232 g/mol. The molecule has 1 aliphatic rings. The van der Waals surface area contributed by atoms with E-state index in [1.54, 1.807) is 0 Å². The van der Waals surface area contributed by atoms with Gasteiger partial charge in [-0.1, -0.05) is 41.5 Å². The van der Waals surface area contributed by atoms with Crippen LogP contribution in [-0.4, -0.2) is 36.1 Å². The molecule has 0 aromatic carbocycles. The molecule has 19 heavy (non-hydrogen) atoms. The minimum Gasteiger partial charge on any atom is -0.310 e. The zero-order chi connectivity index (χ0) is 14.7. The molecule has 1 rings (SSSR count). The molecule has 2 atom stereocenters. The molecule has 0 amide bonds. The van der Waals surface area contributed by atoms with E-state index in [1.807, 2.05) is 0 Å². The fourth-order valence-electron chi connectivity index (χ4n) is 2.94. The zero-order valence-electron chi connectivity index (χ0n) is 14.3. The van der Waals surface area contributed by atoms with Crippen molar-refractivity contribution < 1.29 is 0 Å². The van der Waals surface area contributed by atoms with Crippen molar-refractivity contribution in [1.29, 1.82) is 0 Å². The summed E-state index contributed by atoms with van der Waals surface area (Å²) >= 11 is 0. The van der Waals surface area contributed by atoms with Crippen LogP contribution >= 0.6 is 0 Å². The van der Waals surface area contributed by atoms with Crippen LogP contribution in [0.2, 0.25) is 0 Å². The summed E-state index contributed by atoms with van der Waals surface area (Å²) in [6.45, 7) is 20.1. The summed E-state index contributed by atoms with van der Waals surface area (Å²) in [7, 11) is 0. The molecule has 0 aromatic rings. The van der Waals surface area contributed by atoms with E-state index in [-0.39, 0.29) is 0 Å². The van der Waals surface area contributed by atoms with E-state index in [4.69, 9.17) is 0 Å². The first-order valence-corrected chi connectivity index (χ1v) is 8.17. The smallest absolute Gasteiger partial charge is 0.0303 e. The van der Waals surface area contributed by atoms with E-state index < -0.39 is 0 Å². The van der Waals surface area contributed by atoms with Crippen molar-refractivity contribution in [1.82, 2.24) is 10.2 Å². The van der Waals surface area contributed by atoms with Gasteiger partial charge in [0.25, 0.3) is 0 Å². The summed E-state index contributed by atoms with van der Waals surface area (Å²) in [4.78, 5) is 2.75. The molecule has 2 unspecified atom stereocenters. The molecule has 2 heteroatoms. The van der Waals surface area contributed by atoms with Crippen molar-refractivity contribution in [2.75, 3.05) is 19.6 Å². The topological polar surface area (TPSA) is 15.3 Å². The molecule has 1 aliphatic heterocycles. The summed E-state index contributed by atoms with van der Waals surface area (Å²) in [5, 5.41) is 3.79. The maximum Gasteiger partial charge on any atom is 0.0303 e. The average Bonchev–Trinajstić information content (AvgIpc) is 2.29. The highest BCUT2D eigenvalue weighted by atomic mass is 15.3. The van der Waals surface area contributed by atoms with Crippen molar-refractivity contribution in [3.05, 3.63) is 0 Å². The number of rotatable bonds is 5. The molecule has 1 saturated heterocycles. The normalized spacial score (nSPS) is 30.0. The molecule has 0 saturated carbocycles. The summed E-state index contributed by atoms with van der Waals surface area (Å²) in [6.07, 6.45) is 3.92. The van der Waals surface area contributed by atoms with Crippen molar-refractivity contribution in [3.8, 4) is 0 Å². The monoisotopic (exact) mass is 268 g/mol. The van der Waals surface area contributed by atoms with Crippen molar-refractivity contribution in [2.24, 2.45) is 11.3 Å². The molecule has 114 valence electrons. The Morgan fingerprint density at radius 1 is 1.32 bits per heavy atom. The highest BCUT2D eigenvalue weighted by Crippen LogP contribution is 2.29. The largest absolute Gasteiger partial charge is 0.310 e. The molecule has 0 aliphatic carbocycles. The van der Waals surface area contributed by atoms with Crippen LogP contribution in [0.25, 0.3) is 0 Å². The van der Waals surface area contributed by atoms with E-state index in [2.05, 4.69) is 58.7 Å². The predicted octanol–water partition coefficient (Wildman–Crippen LogP) is 3.91. The Kier molecular flexibility index (Phi) is 5.88. The molecule has 0 bridgehead atoms. The number of nitrogens with zero attached hydrogens (tertiary/aromatic N) is 1. The Labute approximate surface area is 121 Å². The van der Waals surface area contributed by atoms with Crippen LogP contribution in [0.15, 0.2) is 0 Å². The Morgan fingerprint density at radius 3 is 2.42 bits per heavy atom. The second kappa shape index (κ2) is 6.58. The maximum atomic E-state index is 3.79. The zero-order valence-corrected chi connectivity index (χ0v) is 14.3. The van der Waals surface area contributed by atoms with Gasteiger partial charge in [0, 0.05) is 24.7 Å². The molecule has 1 N–H and O–H groups in total. The molecule has 0 aromatic heterocycles. The van der Waals surface area contributed by atoms with Gasteiger partial charge in [-0.15, -0.1) is 0 Å². The third-order valence-corrected chi connectivity index (χ3v) is 4.91. The standard InChI is InChI=1S/C17H36N2/c1-8-17(7)13-18-15(16(4,5)6)12-19(17)11-9-10-14(2)3/h14-15,18H,8-13H2,1-7H3. The maximum absolute atomic E-state index is 3.79. The summed E-state index contributed by atoms with van der Waals surface area (Å²) in [6, 6.07) is 0.617. The Bertz CT molecular complexity index is 267. The van der Waals surface area contributed by atoms with Gasteiger partial charge in [-0.25, -0.2) is 0 Å². The number of hydrogen-bond donors (Lipinski definition) is 1. The van der Waals surface area contributed by atoms with Crippen LogP contribution in [0.4, 0.5) is 0 Å². The third kappa shape index (κ3) is 4.75. The minimum absolute atomic E-state index is 0.346. The van der Waals surface area contributed by atoms with Crippen LogP contribution in [0.3, 0.4) is 0 Å². The van der Waals surface area contributed by atoms with Gasteiger partial charge in [0.2, 0.25) is 0 Å². The van der Waals surface area contributed by atoms with Crippen LogP contribution in [-0.2, 0) is 0 Å². The third-order valence-electron chi connectivity index (χ3n) is 4.91. The van der Waals surface area contributed by atoms with Crippen LogP contribution in [0.5, 0.6) is 0 Å². The Balaban J connectivity index is 2.63. The van der Waals surface area contributed by atoms with Gasteiger partial charge < -0.3 is 5.32 Å². The first kappa shape index (κ1) is 17.0. The van der Waals surface area contributed by atoms with Gasteiger partial charge in [0.1, 0.15) is 0 Å². The number of nitrogens with one attached hydrogen (secondary N) is 1. The van der Waals surface area contributed by atoms with E-state index in [9.17, 15) is 0 Å². The van der Waals surface area contributed by atoms with Crippen LogP contribution in [0, 0.1) is 11.3 Å². The second-order valence-electron chi connectivity index (χ2n) is 8.13. The second-order valence-corrected chi connectivity index (χ2v) is 8.13. The average molecular weight is 268 g/mol. The first-order valence-electron chi connectivity index (χ1n) is 8.17. The van der Waals surface area contributed by atoms with Crippen molar-refractivity contribution in [2.45, 2.75) is 79.3 Å². The lowest BCUT2D eigenvalue weighted by molar-refractivity contribution is 0.0204. The van der Waals surface area contributed by atoms with E-state index in [0.717, 1.165) is 12.5 Å². The fourth-order valence-corrected chi connectivity index (χ4v) is 2.94. The van der Waals surface area contributed by atoms with Crippen molar-refractivity contribution >= 4 is 0 Å².